The first kappa shape index (κ1) is 14.2. The molecule has 0 fully saturated rings. The predicted molar refractivity (Wildman–Crippen MR) is 51.2 cm³/mol. The molecule has 0 spiro atoms. The van der Waals surface area contributed by atoms with Gasteiger partial charge in [-0.2, -0.15) is 21.6 Å². The van der Waals surface area contributed by atoms with Crippen molar-refractivity contribution in [1.29, 1.82) is 0 Å². The lowest BCUT2D eigenvalue weighted by Crippen LogP contribution is -2.28. The molecule has 7 nitrogen and oxygen atoms in total. The van der Waals surface area contributed by atoms with Crippen LogP contribution >= 0.6 is 0 Å². The van der Waals surface area contributed by atoms with Crippen LogP contribution in [0.2, 0.25) is 0 Å². The van der Waals surface area contributed by atoms with Crippen LogP contribution in [0.3, 0.4) is 0 Å². The number of halogens is 3. The fourth-order valence-electron chi connectivity index (χ4n) is 0.960. The van der Waals surface area contributed by atoms with Gasteiger partial charge >= 0.3 is 27.2 Å². The Balaban J connectivity index is 3.30. The molecule has 0 saturated carbocycles. The molecule has 0 bridgehead atoms. The second-order valence-corrected chi connectivity index (χ2v) is 4.56. The van der Waals surface area contributed by atoms with Crippen LogP contribution in [0.15, 0.2) is 12.3 Å². The number of hydrogen-bond donors (Lipinski definition) is 0. The second-order valence-electron chi connectivity index (χ2n) is 3.02. The average Bonchev–Trinajstić information content (AvgIpc) is 2.14. The zero-order chi connectivity index (χ0) is 14.1. The summed E-state index contributed by atoms with van der Waals surface area (Å²) in [5, 5.41) is 10.6. The van der Waals surface area contributed by atoms with Crippen molar-refractivity contribution >= 4 is 15.8 Å². The molecule has 0 aromatic carbocycles. The predicted octanol–water partition coefficient (Wildman–Crippen LogP) is 1.53. The summed E-state index contributed by atoms with van der Waals surface area (Å²) < 4.78 is 61.2. The fraction of sp³-hybridized carbons (Fsp3) is 0.286. The molecular weight excluding hydrogens is 281 g/mol. The van der Waals surface area contributed by atoms with Crippen molar-refractivity contribution in [3.63, 3.8) is 0 Å². The van der Waals surface area contributed by atoms with Gasteiger partial charge in [-0.3, -0.25) is 10.1 Å². The summed E-state index contributed by atoms with van der Waals surface area (Å²) in [6.45, 7) is 1.20. The molecule has 0 N–H and O–H groups in total. The number of pyridine rings is 1. The van der Waals surface area contributed by atoms with Crippen LogP contribution < -0.4 is 4.18 Å². The molecule has 1 aromatic rings. The molecule has 0 aliphatic heterocycles. The first-order valence-electron chi connectivity index (χ1n) is 4.17. The van der Waals surface area contributed by atoms with Gasteiger partial charge in [-0.15, -0.1) is 0 Å². The Morgan fingerprint density at radius 3 is 2.44 bits per heavy atom. The maximum Gasteiger partial charge on any atom is 0.534 e. The van der Waals surface area contributed by atoms with Gasteiger partial charge in [-0.25, -0.2) is 4.98 Å². The number of nitro groups is 1. The number of alkyl halides is 3. The van der Waals surface area contributed by atoms with Crippen molar-refractivity contribution in [1.82, 2.24) is 4.98 Å². The van der Waals surface area contributed by atoms with Gasteiger partial charge in [-0.1, -0.05) is 0 Å². The fourth-order valence-corrected chi connectivity index (χ4v) is 1.38. The maximum absolute atomic E-state index is 12.0. The molecule has 1 rings (SSSR count). The van der Waals surface area contributed by atoms with E-state index in [2.05, 4.69) is 9.17 Å². The van der Waals surface area contributed by atoms with Crippen molar-refractivity contribution in [3.05, 3.63) is 27.9 Å². The third kappa shape index (κ3) is 2.67. The molecule has 18 heavy (non-hydrogen) atoms. The Hall–Kier alpha value is -1.91. The summed E-state index contributed by atoms with van der Waals surface area (Å²) in [6, 6.07) is 1.13. The quantitative estimate of drug-likeness (QED) is 0.361. The molecule has 11 heteroatoms. The van der Waals surface area contributed by atoms with Crippen molar-refractivity contribution in [2.24, 2.45) is 0 Å². The van der Waals surface area contributed by atoms with Gasteiger partial charge < -0.3 is 4.18 Å². The highest BCUT2D eigenvalue weighted by Gasteiger charge is 2.49. The number of rotatable bonds is 3. The minimum Gasteiger partial charge on any atom is -0.348 e. The Kier molecular flexibility index (Phi) is 3.46. The van der Waals surface area contributed by atoms with Crippen LogP contribution in [0, 0.1) is 17.0 Å². The van der Waals surface area contributed by atoms with E-state index in [9.17, 15) is 31.7 Å². The van der Waals surface area contributed by atoms with Crippen LogP contribution in [0.25, 0.3) is 0 Å². The van der Waals surface area contributed by atoms with E-state index in [1.165, 1.54) is 6.92 Å². The smallest absolute Gasteiger partial charge is 0.348 e. The van der Waals surface area contributed by atoms with E-state index in [1.54, 1.807) is 0 Å². The Labute approximate surface area is 98.5 Å². The SMILES string of the molecule is Cc1ccnc(OS(=O)(=O)C(F)(F)F)c1[N+](=O)[O-]. The van der Waals surface area contributed by atoms with Gasteiger partial charge in [0.15, 0.2) is 0 Å². The van der Waals surface area contributed by atoms with E-state index in [1.807, 2.05) is 0 Å². The molecule has 0 aliphatic carbocycles. The van der Waals surface area contributed by atoms with Gasteiger partial charge in [0.1, 0.15) is 0 Å². The van der Waals surface area contributed by atoms with E-state index in [0.29, 0.717) is 0 Å². The van der Waals surface area contributed by atoms with E-state index in [4.69, 9.17) is 0 Å². The number of aromatic nitrogens is 1. The monoisotopic (exact) mass is 286 g/mol. The van der Waals surface area contributed by atoms with Crippen LogP contribution in [0.1, 0.15) is 5.56 Å². The van der Waals surface area contributed by atoms with Crippen LogP contribution in [0.5, 0.6) is 5.88 Å². The zero-order valence-electron chi connectivity index (χ0n) is 8.63. The lowest BCUT2D eigenvalue weighted by Gasteiger charge is -2.09. The molecule has 1 heterocycles. The van der Waals surface area contributed by atoms with Gasteiger partial charge in [-0.05, 0) is 13.0 Å². The molecule has 0 unspecified atom stereocenters. The van der Waals surface area contributed by atoms with Gasteiger partial charge in [0, 0.05) is 11.8 Å². The van der Waals surface area contributed by atoms with Crippen LogP contribution in [-0.4, -0.2) is 23.8 Å². The Bertz CT molecular complexity index is 583. The van der Waals surface area contributed by atoms with Crippen molar-refractivity contribution in [2.75, 3.05) is 0 Å². The molecule has 1 aromatic heterocycles. The standard InChI is InChI=1S/C7H5F3N2O5S/c1-4-2-3-11-6(5(4)12(13)14)17-18(15,16)7(8,9)10/h2-3H,1H3. The number of hydrogen-bond acceptors (Lipinski definition) is 6. The van der Waals surface area contributed by atoms with E-state index in [-0.39, 0.29) is 5.56 Å². The van der Waals surface area contributed by atoms with Crippen LogP contribution in [-0.2, 0) is 10.1 Å². The maximum atomic E-state index is 12.0. The summed E-state index contributed by atoms with van der Waals surface area (Å²) >= 11 is 0. The van der Waals surface area contributed by atoms with Gasteiger partial charge in [0.05, 0.1) is 4.92 Å². The molecular formula is C7H5F3N2O5S. The minimum absolute atomic E-state index is 0.0811. The molecule has 0 amide bonds. The normalized spacial score (nSPS) is 12.2. The minimum atomic E-state index is -5.99. The first-order valence-corrected chi connectivity index (χ1v) is 5.58. The summed E-state index contributed by atoms with van der Waals surface area (Å²) in [7, 11) is -5.99. The first-order chi connectivity index (χ1) is 8.06. The highest BCUT2D eigenvalue weighted by Crippen LogP contribution is 2.32. The molecule has 0 radical (unpaired) electrons. The van der Waals surface area contributed by atoms with E-state index < -0.39 is 32.1 Å². The summed E-state index contributed by atoms with van der Waals surface area (Å²) in [5.41, 5.74) is -6.71. The third-order valence-corrected chi connectivity index (χ3v) is 2.69. The van der Waals surface area contributed by atoms with Crippen LogP contribution in [0.4, 0.5) is 18.9 Å². The number of nitrogens with zero attached hydrogens (tertiary/aromatic N) is 2. The lowest BCUT2D eigenvalue weighted by atomic mass is 10.2. The Morgan fingerprint density at radius 1 is 1.44 bits per heavy atom. The summed E-state index contributed by atoms with van der Waals surface area (Å²) in [4.78, 5) is 12.6. The molecule has 0 saturated heterocycles. The van der Waals surface area contributed by atoms with E-state index >= 15 is 0 Å². The van der Waals surface area contributed by atoms with Crippen molar-refractivity contribution in [2.45, 2.75) is 12.4 Å². The lowest BCUT2D eigenvalue weighted by molar-refractivity contribution is -0.386. The molecule has 100 valence electrons. The average molecular weight is 286 g/mol. The molecule has 0 aliphatic rings. The zero-order valence-corrected chi connectivity index (χ0v) is 9.45. The van der Waals surface area contributed by atoms with Gasteiger partial charge in [0.25, 0.3) is 0 Å². The second kappa shape index (κ2) is 4.40. The van der Waals surface area contributed by atoms with Crippen molar-refractivity contribution in [3.8, 4) is 5.88 Å². The van der Waals surface area contributed by atoms with E-state index in [0.717, 1.165) is 12.3 Å². The Morgan fingerprint density at radius 2 is 2.00 bits per heavy atom. The topological polar surface area (TPSA) is 99.4 Å². The van der Waals surface area contributed by atoms with Gasteiger partial charge in [0.2, 0.25) is 0 Å². The van der Waals surface area contributed by atoms with Crippen molar-refractivity contribution < 1.29 is 30.7 Å². The summed E-state index contributed by atoms with van der Waals surface area (Å²) in [5.74, 6) is -1.22. The highest BCUT2D eigenvalue weighted by molar-refractivity contribution is 7.88. The highest BCUT2D eigenvalue weighted by atomic mass is 32.2. The molecule has 0 atom stereocenters. The third-order valence-electron chi connectivity index (χ3n) is 1.75. The largest absolute Gasteiger partial charge is 0.534 e. The number of aryl methyl sites for hydroxylation is 1. The summed E-state index contributed by atoms with van der Waals surface area (Å²) in [6.07, 6.45) is 0.892.